The van der Waals surface area contributed by atoms with Crippen LogP contribution in [0.2, 0.25) is 0 Å². The van der Waals surface area contributed by atoms with Crippen molar-refractivity contribution in [3.8, 4) is 29.8 Å². The molecule has 0 aromatic carbocycles. The average molecular weight is 310 g/mol. The zero-order valence-electron chi connectivity index (χ0n) is 8.16. The predicted octanol–water partition coefficient (Wildman–Crippen LogP) is -0.555. The van der Waals surface area contributed by atoms with Crippen molar-refractivity contribution in [1.82, 2.24) is 0 Å². The zero-order chi connectivity index (χ0) is 15.2. The van der Waals surface area contributed by atoms with Crippen molar-refractivity contribution >= 4 is 10.4 Å². The molecule has 0 unspecified atom stereocenters. The van der Waals surface area contributed by atoms with Gasteiger partial charge in [0, 0.05) is 0 Å². The van der Waals surface area contributed by atoms with Gasteiger partial charge in [0.15, 0.2) is 0 Å². The van der Waals surface area contributed by atoms with E-state index in [1.54, 1.807) is 0 Å². The smallest absolute Gasteiger partial charge is 0.264 e. The van der Waals surface area contributed by atoms with Crippen molar-refractivity contribution in [3.63, 3.8) is 0 Å². The standard InChI is InChI=1S/6CN.Fe.H2O4S/c6*1-2;;1-5(2,3)4/h;;;;;;;(H2,1,2,3,4). The van der Waals surface area contributed by atoms with Crippen LogP contribution in [0.3, 0.4) is 0 Å². The molecule has 0 atom stereocenters. The Bertz CT molecular complexity index is 591. The summed E-state index contributed by atoms with van der Waals surface area (Å²) in [6.07, 6.45) is 0. The molecule has 0 heterocycles. The first-order valence-electron chi connectivity index (χ1n) is 3.10. The first-order valence-corrected chi connectivity index (χ1v) is 7.81. The molecule has 0 spiro atoms. The Morgan fingerprint density at radius 2 is 0.778 bits per heavy atom. The predicted molar refractivity (Wildman–Crippen MR) is 47.9 cm³/mol. The second kappa shape index (κ2) is 4.30. The van der Waals surface area contributed by atoms with E-state index < -0.39 is 21.1 Å². The van der Waals surface area contributed by atoms with E-state index in [1.165, 1.54) is 0 Å². The normalized spacial score (nSPS) is 12.9. The van der Waals surface area contributed by atoms with E-state index in [4.69, 9.17) is 49.1 Å². The molecule has 0 aromatic rings. The molecule has 0 saturated heterocycles. The number of hydrogen-bond donors (Lipinski definition) is 2. The zero-order valence-corrected chi connectivity index (χ0v) is 10.1. The Hall–Kier alpha value is -2.67. The van der Waals surface area contributed by atoms with Gasteiger partial charge in [0.1, 0.15) is 0 Å². The van der Waals surface area contributed by atoms with E-state index in [2.05, 4.69) is 0 Å². The molecule has 0 aliphatic carbocycles. The fourth-order valence-electron chi connectivity index (χ4n) is 0.265. The first-order chi connectivity index (χ1) is 7.97. The van der Waals surface area contributed by atoms with Crippen LogP contribution >= 0.6 is 0 Å². The van der Waals surface area contributed by atoms with Gasteiger partial charge in [-0.15, -0.1) is 0 Å². The summed E-state index contributed by atoms with van der Waals surface area (Å²) < 4.78 is 31.6. The summed E-state index contributed by atoms with van der Waals surface area (Å²) in [5, 5.41) is 51.5. The molecular formula is C6H2FeN6O4S. The molecule has 94 valence electrons. The van der Waals surface area contributed by atoms with Crippen molar-refractivity contribution in [2.45, 2.75) is 0 Å². The Labute approximate surface area is 100 Å². The molecular weight excluding hydrogens is 308 g/mol. The molecule has 0 aliphatic heterocycles. The van der Waals surface area contributed by atoms with Crippen LogP contribution < -0.4 is 0 Å². The van der Waals surface area contributed by atoms with Crippen molar-refractivity contribution < 1.29 is 28.3 Å². The number of nitrogens with zero attached hydrogens (tertiary/aromatic N) is 6. The van der Waals surface area contributed by atoms with Crippen molar-refractivity contribution in [2.24, 2.45) is 0 Å². The monoisotopic (exact) mass is 310 g/mol. The minimum atomic E-state index is -6.17. The molecule has 0 saturated carbocycles. The Morgan fingerprint density at radius 1 is 0.667 bits per heavy atom. The molecule has 0 fully saturated rings. The number of hydrogen-bond acceptors (Lipinski definition) is 8. The molecule has 18 heavy (non-hydrogen) atoms. The maximum Gasteiger partial charge on any atom is 0.394 e. The van der Waals surface area contributed by atoms with Gasteiger partial charge in [-0.3, -0.25) is 9.11 Å². The second-order valence-electron chi connectivity index (χ2n) is 2.25. The van der Waals surface area contributed by atoms with E-state index in [9.17, 15) is 0 Å². The van der Waals surface area contributed by atoms with Gasteiger partial charge in [0.25, 0.3) is 0 Å². The topological polar surface area (TPSA) is 217 Å². The molecule has 12 heteroatoms. The largest absolute Gasteiger partial charge is 0.394 e. The van der Waals surface area contributed by atoms with Crippen molar-refractivity contribution in [2.75, 3.05) is 0 Å². The van der Waals surface area contributed by atoms with Gasteiger partial charge in [-0.05, 0) is 0 Å². The van der Waals surface area contributed by atoms with E-state index in [-0.39, 0.29) is 0 Å². The molecule has 0 aliphatic rings. The minimum Gasteiger partial charge on any atom is -0.264 e. The van der Waals surface area contributed by atoms with Crippen molar-refractivity contribution in [3.05, 3.63) is 0 Å². The SMILES string of the molecule is N#[C][Fe]([C]#N)([C]#N)([C]#N)([C]#N)[C]#N.O=S(=O)(O)O. The van der Waals surface area contributed by atoms with Crippen molar-refractivity contribution in [1.29, 1.82) is 31.6 Å². The maximum absolute atomic E-state index is 8.74. The third-order valence-electron chi connectivity index (χ3n) is 1.19. The molecule has 10 nitrogen and oxygen atoms in total. The van der Waals surface area contributed by atoms with Crippen LogP contribution in [0.15, 0.2) is 0 Å². The van der Waals surface area contributed by atoms with Gasteiger partial charge in [-0.2, -0.15) is 8.42 Å². The third-order valence-corrected chi connectivity index (χ3v) is 4.89. The Kier molecular flexibility index (Phi) is 4.23. The fraction of sp³-hybridized carbons (Fsp3) is 0. The van der Waals surface area contributed by atoms with Gasteiger partial charge >= 0.3 is 82.5 Å². The van der Waals surface area contributed by atoms with Gasteiger partial charge < -0.3 is 0 Å². The van der Waals surface area contributed by atoms with Crippen LogP contribution in [-0.2, 0) is 21.1 Å². The van der Waals surface area contributed by atoms with Gasteiger partial charge in [-0.1, -0.05) is 0 Å². The molecule has 0 aromatic heterocycles. The maximum atomic E-state index is 8.74. The average Bonchev–Trinajstić information content (AvgIpc) is 2.34. The second-order valence-corrected chi connectivity index (χ2v) is 8.77. The number of nitriles is 6. The van der Waals surface area contributed by atoms with Crippen LogP contribution in [0, 0.1) is 61.4 Å². The fourth-order valence-corrected chi connectivity index (χ4v) is 1.09. The van der Waals surface area contributed by atoms with Crippen LogP contribution in [0.5, 0.6) is 0 Å². The van der Waals surface area contributed by atoms with Gasteiger partial charge in [0.05, 0.1) is 0 Å². The van der Waals surface area contributed by atoms with Gasteiger partial charge in [-0.25, -0.2) is 0 Å². The summed E-state index contributed by atoms with van der Waals surface area (Å²) in [6.45, 7) is 0. The van der Waals surface area contributed by atoms with Crippen LogP contribution in [0.1, 0.15) is 0 Å². The first kappa shape index (κ1) is 17.7. The summed E-state index contributed by atoms with van der Waals surface area (Å²) >= 11 is 0. The van der Waals surface area contributed by atoms with Gasteiger partial charge in [0.2, 0.25) is 0 Å². The summed E-state index contributed by atoms with van der Waals surface area (Å²) in [5.41, 5.74) is 0. The van der Waals surface area contributed by atoms with Crippen LogP contribution in [-0.4, -0.2) is 17.5 Å². The summed E-state index contributed by atoms with van der Waals surface area (Å²) in [4.78, 5) is 6.19. The summed E-state index contributed by atoms with van der Waals surface area (Å²) in [5.74, 6) is 0. The Morgan fingerprint density at radius 3 is 0.778 bits per heavy atom. The quantitative estimate of drug-likeness (QED) is 0.429. The molecule has 0 bridgehead atoms. The molecule has 0 radical (unpaired) electrons. The number of rotatable bonds is 0. The van der Waals surface area contributed by atoms with Crippen LogP contribution in [0.4, 0.5) is 0 Å². The van der Waals surface area contributed by atoms with E-state index in [0.717, 1.165) is 29.8 Å². The Balaban J connectivity index is 0. The molecule has 0 rings (SSSR count). The third kappa shape index (κ3) is 2.71. The minimum absolute atomic E-state index is 1.03. The molecule has 0 amide bonds. The molecule has 2 N–H and O–H groups in total. The van der Waals surface area contributed by atoms with E-state index in [0.29, 0.717) is 0 Å². The van der Waals surface area contributed by atoms with E-state index >= 15 is 0 Å². The summed E-state index contributed by atoms with van der Waals surface area (Å²) in [7, 11) is -10.8. The summed E-state index contributed by atoms with van der Waals surface area (Å²) in [6, 6.07) is 0. The van der Waals surface area contributed by atoms with Crippen LogP contribution in [0.25, 0.3) is 0 Å². The van der Waals surface area contributed by atoms with E-state index in [1.807, 2.05) is 0 Å².